The zero-order chi connectivity index (χ0) is 13.7. The van der Waals surface area contributed by atoms with Crippen LogP contribution in [0.2, 0.25) is 0 Å². The summed E-state index contributed by atoms with van der Waals surface area (Å²) in [5.74, 6) is 0. The first-order valence-electron chi connectivity index (χ1n) is 7.65. The van der Waals surface area contributed by atoms with Gasteiger partial charge in [0, 0.05) is 31.9 Å². The van der Waals surface area contributed by atoms with Gasteiger partial charge in [0.2, 0.25) is 0 Å². The molecule has 1 fully saturated rings. The second-order valence-electron chi connectivity index (χ2n) is 6.48. The van der Waals surface area contributed by atoms with E-state index in [4.69, 9.17) is 0 Å². The van der Waals surface area contributed by atoms with Crippen molar-refractivity contribution in [2.75, 3.05) is 24.5 Å². The average molecular weight is 260 g/mol. The van der Waals surface area contributed by atoms with Crippen LogP contribution in [0.5, 0.6) is 0 Å². The van der Waals surface area contributed by atoms with Crippen molar-refractivity contribution < 1.29 is 0 Å². The molecule has 0 radical (unpaired) electrons. The van der Waals surface area contributed by atoms with E-state index in [1.807, 2.05) is 0 Å². The van der Waals surface area contributed by atoms with E-state index in [9.17, 15) is 0 Å². The Morgan fingerprint density at radius 2 is 1.74 bits per heavy atom. The predicted octanol–water partition coefficient (Wildman–Crippen LogP) is 3.81. The van der Waals surface area contributed by atoms with Crippen LogP contribution in [0.1, 0.15) is 45.6 Å². The van der Waals surface area contributed by atoms with Crippen LogP contribution in [0.25, 0.3) is 0 Å². The monoisotopic (exact) mass is 260 g/mol. The Balaban J connectivity index is 1.81. The molecule has 1 saturated heterocycles. The van der Waals surface area contributed by atoms with Gasteiger partial charge < -0.3 is 10.2 Å². The van der Waals surface area contributed by atoms with Crippen LogP contribution in [0.3, 0.4) is 0 Å². The summed E-state index contributed by atoms with van der Waals surface area (Å²) in [6.07, 6.45) is 3.90. The lowest BCUT2D eigenvalue weighted by Gasteiger charge is -2.23. The normalized spacial score (nSPS) is 16.1. The number of anilines is 1. The van der Waals surface area contributed by atoms with Crippen LogP contribution in [-0.4, -0.2) is 19.6 Å². The fourth-order valence-corrected chi connectivity index (χ4v) is 2.47. The minimum Gasteiger partial charge on any atom is -0.372 e. The minimum atomic E-state index is 0.398. The molecule has 0 unspecified atom stereocenters. The number of rotatable bonds is 6. The Morgan fingerprint density at radius 1 is 1.11 bits per heavy atom. The van der Waals surface area contributed by atoms with E-state index < -0.39 is 0 Å². The zero-order valence-corrected chi connectivity index (χ0v) is 12.7. The van der Waals surface area contributed by atoms with Gasteiger partial charge in [-0.2, -0.15) is 0 Å². The summed E-state index contributed by atoms with van der Waals surface area (Å²) >= 11 is 0. The highest BCUT2D eigenvalue weighted by Crippen LogP contribution is 2.21. The van der Waals surface area contributed by atoms with Crippen molar-refractivity contribution in [3.05, 3.63) is 29.8 Å². The topological polar surface area (TPSA) is 15.3 Å². The molecule has 0 aromatic heterocycles. The molecule has 1 heterocycles. The third-order valence-electron chi connectivity index (χ3n) is 4.30. The highest BCUT2D eigenvalue weighted by Gasteiger charge is 2.14. The fraction of sp³-hybridized carbons (Fsp3) is 0.647. The standard InChI is InChI=1S/C17H28N2/c1-4-17(2,3)14-18-13-15-7-9-16(10-8-15)19-11-5-6-12-19/h7-10,18H,4-6,11-14H2,1-3H3. The lowest BCUT2D eigenvalue weighted by Crippen LogP contribution is -2.28. The molecule has 0 spiro atoms. The molecule has 2 heteroatoms. The van der Waals surface area contributed by atoms with Gasteiger partial charge in [-0.3, -0.25) is 0 Å². The average Bonchev–Trinajstić information content (AvgIpc) is 2.93. The molecule has 1 aliphatic rings. The molecule has 1 aromatic rings. The first kappa shape index (κ1) is 14.4. The van der Waals surface area contributed by atoms with E-state index in [1.165, 1.54) is 43.6 Å². The fourth-order valence-electron chi connectivity index (χ4n) is 2.47. The molecule has 19 heavy (non-hydrogen) atoms. The maximum Gasteiger partial charge on any atom is 0.0366 e. The number of benzene rings is 1. The quantitative estimate of drug-likeness (QED) is 0.836. The summed E-state index contributed by atoms with van der Waals surface area (Å²) < 4.78 is 0. The van der Waals surface area contributed by atoms with Crippen LogP contribution in [0.15, 0.2) is 24.3 Å². The van der Waals surface area contributed by atoms with E-state index in [-0.39, 0.29) is 0 Å². The number of hydrogen-bond donors (Lipinski definition) is 1. The Kier molecular flexibility index (Phi) is 4.87. The van der Waals surface area contributed by atoms with Gasteiger partial charge in [-0.25, -0.2) is 0 Å². The SMILES string of the molecule is CCC(C)(C)CNCc1ccc(N2CCCC2)cc1. The van der Waals surface area contributed by atoms with E-state index in [0.29, 0.717) is 5.41 Å². The predicted molar refractivity (Wildman–Crippen MR) is 83.7 cm³/mol. The highest BCUT2D eigenvalue weighted by atomic mass is 15.1. The summed E-state index contributed by atoms with van der Waals surface area (Å²) in [7, 11) is 0. The Morgan fingerprint density at radius 3 is 2.32 bits per heavy atom. The Bertz CT molecular complexity index is 375. The number of nitrogens with one attached hydrogen (secondary N) is 1. The third kappa shape index (κ3) is 4.24. The van der Waals surface area contributed by atoms with Gasteiger partial charge in [0.25, 0.3) is 0 Å². The molecule has 1 aromatic carbocycles. The van der Waals surface area contributed by atoms with E-state index in [1.54, 1.807) is 0 Å². The van der Waals surface area contributed by atoms with Crippen molar-refractivity contribution in [1.29, 1.82) is 0 Å². The summed E-state index contributed by atoms with van der Waals surface area (Å²) in [4.78, 5) is 2.48. The zero-order valence-electron chi connectivity index (χ0n) is 12.7. The van der Waals surface area contributed by atoms with Crippen molar-refractivity contribution in [2.24, 2.45) is 5.41 Å². The molecule has 0 amide bonds. The number of nitrogens with zero attached hydrogens (tertiary/aromatic N) is 1. The van der Waals surface area contributed by atoms with Gasteiger partial charge in [-0.1, -0.05) is 32.9 Å². The smallest absolute Gasteiger partial charge is 0.0366 e. The van der Waals surface area contributed by atoms with Crippen LogP contribution in [0.4, 0.5) is 5.69 Å². The summed E-state index contributed by atoms with van der Waals surface area (Å²) in [5, 5.41) is 3.57. The molecular weight excluding hydrogens is 232 g/mol. The molecule has 2 nitrogen and oxygen atoms in total. The maximum atomic E-state index is 3.57. The lowest BCUT2D eigenvalue weighted by atomic mass is 9.90. The minimum absolute atomic E-state index is 0.398. The summed E-state index contributed by atoms with van der Waals surface area (Å²) in [5.41, 5.74) is 3.17. The Labute approximate surface area is 118 Å². The molecular formula is C17H28N2. The lowest BCUT2D eigenvalue weighted by molar-refractivity contribution is 0.327. The summed E-state index contributed by atoms with van der Waals surface area (Å²) in [6, 6.07) is 9.07. The van der Waals surface area contributed by atoms with Crippen molar-refractivity contribution in [3.63, 3.8) is 0 Å². The van der Waals surface area contributed by atoms with Crippen molar-refractivity contribution in [1.82, 2.24) is 5.32 Å². The molecule has 0 saturated carbocycles. The molecule has 0 bridgehead atoms. The van der Waals surface area contributed by atoms with Crippen LogP contribution < -0.4 is 10.2 Å². The van der Waals surface area contributed by atoms with E-state index in [0.717, 1.165) is 13.1 Å². The van der Waals surface area contributed by atoms with Crippen LogP contribution >= 0.6 is 0 Å². The molecule has 106 valence electrons. The first-order valence-corrected chi connectivity index (χ1v) is 7.65. The second-order valence-corrected chi connectivity index (χ2v) is 6.48. The van der Waals surface area contributed by atoms with Crippen molar-refractivity contribution in [2.45, 2.75) is 46.6 Å². The maximum absolute atomic E-state index is 3.57. The largest absolute Gasteiger partial charge is 0.372 e. The van der Waals surface area contributed by atoms with Gasteiger partial charge in [0.05, 0.1) is 0 Å². The molecule has 2 rings (SSSR count). The number of hydrogen-bond acceptors (Lipinski definition) is 2. The molecule has 0 atom stereocenters. The van der Waals surface area contributed by atoms with Crippen molar-refractivity contribution in [3.8, 4) is 0 Å². The molecule has 0 aliphatic carbocycles. The summed E-state index contributed by atoms with van der Waals surface area (Å²) in [6.45, 7) is 11.4. The van der Waals surface area contributed by atoms with Gasteiger partial charge in [0.15, 0.2) is 0 Å². The van der Waals surface area contributed by atoms with Crippen LogP contribution in [0, 0.1) is 5.41 Å². The molecule has 1 N–H and O–H groups in total. The first-order chi connectivity index (χ1) is 9.11. The Hall–Kier alpha value is -1.02. The third-order valence-corrected chi connectivity index (χ3v) is 4.30. The second kappa shape index (κ2) is 6.42. The molecule has 1 aliphatic heterocycles. The van der Waals surface area contributed by atoms with Gasteiger partial charge in [-0.05, 0) is 42.4 Å². The van der Waals surface area contributed by atoms with E-state index in [2.05, 4.69) is 55.3 Å². The van der Waals surface area contributed by atoms with Crippen LogP contribution in [-0.2, 0) is 6.54 Å². The van der Waals surface area contributed by atoms with Gasteiger partial charge in [0.1, 0.15) is 0 Å². The highest BCUT2D eigenvalue weighted by molar-refractivity contribution is 5.48. The van der Waals surface area contributed by atoms with Gasteiger partial charge >= 0.3 is 0 Å². The van der Waals surface area contributed by atoms with Gasteiger partial charge in [-0.15, -0.1) is 0 Å². The van der Waals surface area contributed by atoms with Crippen molar-refractivity contribution >= 4 is 5.69 Å². The van der Waals surface area contributed by atoms with E-state index >= 15 is 0 Å².